The summed E-state index contributed by atoms with van der Waals surface area (Å²) in [6, 6.07) is 15.5. The first kappa shape index (κ1) is 19.0. The van der Waals surface area contributed by atoms with Gasteiger partial charge in [0.15, 0.2) is 0 Å². The van der Waals surface area contributed by atoms with Crippen LogP contribution in [0.25, 0.3) is 0 Å². The van der Waals surface area contributed by atoms with Crippen LogP contribution < -0.4 is 10.7 Å². The monoisotopic (exact) mass is 357 g/mol. The number of anilines is 1. The van der Waals surface area contributed by atoms with Crippen molar-refractivity contribution in [2.75, 3.05) is 11.9 Å². The first-order valence-corrected chi connectivity index (χ1v) is 8.89. The minimum atomic E-state index is -0.190. The Labute approximate surface area is 154 Å². The molecule has 0 aliphatic carbocycles. The fourth-order valence-corrected chi connectivity index (χ4v) is 2.56. The van der Waals surface area contributed by atoms with Crippen LogP contribution >= 0.6 is 11.6 Å². The van der Waals surface area contributed by atoms with Crippen molar-refractivity contribution in [1.29, 1.82) is 0 Å². The fourth-order valence-electron chi connectivity index (χ4n) is 2.38. The molecule has 0 fully saturated rings. The van der Waals surface area contributed by atoms with Crippen molar-refractivity contribution in [3.05, 3.63) is 64.7 Å². The number of carbonyl (C=O) groups excluding carboxylic acids is 1. The molecule has 0 radical (unpaired) electrons. The van der Waals surface area contributed by atoms with Crippen molar-refractivity contribution in [3.63, 3.8) is 0 Å². The van der Waals surface area contributed by atoms with E-state index in [1.54, 1.807) is 0 Å². The molecule has 2 N–H and O–H groups in total. The topological polar surface area (TPSA) is 53.5 Å². The SMILES string of the molecule is CCCC/C(=N/NC(=O)CNc1cccc(Cl)c1C)c1ccccc1. The van der Waals surface area contributed by atoms with Crippen LogP contribution in [0.1, 0.15) is 37.3 Å². The number of nitrogens with zero attached hydrogens (tertiary/aromatic N) is 1. The molecular weight excluding hydrogens is 334 g/mol. The van der Waals surface area contributed by atoms with Crippen molar-refractivity contribution in [3.8, 4) is 0 Å². The average Bonchev–Trinajstić information content (AvgIpc) is 2.63. The minimum absolute atomic E-state index is 0.139. The van der Waals surface area contributed by atoms with Gasteiger partial charge in [0.05, 0.1) is 12.3 Å². The highest BCUT2D eigenvalue weighted by molar-refractivity contribution is 6.31. The lowest BCUT2D eigenvalue weighted by atomic mass is 10.1. The Kier molecular flexibility index (Phi) is 7.48. The molecule has 2 aromatic carbocycles. The average molecular weight is 358 g/mol. The predicted molar refractivity (Wildman–Crippen MR) is 105 cm³/mol. The first-order chi connectivity index (χ1) is 12.1. The van der Waals surface area contributed by atoms with Crippen LogP contribution in [0.5, 0.6) is 0 Å². The summed E-state index contributed by atoms with van der Waals surface area (Å²) in [6.45, 7) is 4.19. The maximum Gasteiger partial charge on any atom is 0.259 e. The van der Waals surface area contributed by atoms with Crippen molar-refractivity contribution in [1.82, 2.24) is 5.43 Å². The Morgan fingerprint density at radius 3 is 2.60 bits per heavy atom. The minimum Gasteiger partial charge on any atom is -0.376 e. The summed E-state index contributed by atoms with van der Waals surface area (Å²) in [5.41, 5.74) is 6.36. The van der Waals surface area contributed by atoms with E-state index in [9.17, 15) is 4.79 Å². The second kappa shape index (κ2) is 9.84. The molecule has 0 saturated heterocycles. The molecule has 0 bridgehead atoms. The highest BCUT2D eigenvalue weighted by atomic mass is 35.5. The maximum atomic E-state index is 12.1. The summed E-state index contributed by atoms with van der Waals surface area (Å²) in [7, 11) is 0. The molecule has 5 heteroatoms. The first-order valence-electron chi connectivity index (χ1n) is 8.51. The molecule has 1 amide bonds. The highest BCUT2D eigenvalue weighted by Crippen LogP contribution is 2.22. The summed E-state index contributed by atoms with van der Waals surface area (Å²) < 4.78 is 0. The number of hydrogen-bond acceptors (Lipinski definition) is 3. The Bertz CT molecular complexity index is 729. The number of hydrogen-bond donors (Lipinski definition) is 2. The van der Waals surface area contributed by atoms with E-state index in [-0.39, 0.29) is 12.5 Å². The lowest BCUT2D eigenvalue weighted by molar-refractivity contribution is -0.119. The van der Waals surface area contributed by atoms with Crippen molar-refractivity contribution in [2.45, 2.75) is 33.1 Å². The number of hydrazone groups is 1. The van der Waals surface area contributed by atoms with Gasteiger partial charge in [0.25, 0.3) is 5.91 Å². The smallest absolute Gasteiger partial charge is 0.259 e. The Morgan fingerprint density at radius 1 is 1.12 bits per heavy atom. The summed E-state index contributed by atoms with van der Waals surface area (Å²) >= 11 is 6.09. The van der Waals surface area contributed by atoms with Crippen LogP contribution in [-0.4, -0.2) is 18.2 Å². The molecule has 0 saturated carbocycles. The number of rotatable bonds is 8. The lowest BCUT2D eigenvalue weighted by Gasteiger charge is -2.10. The van der Waals surface area contributed by atoms with E-state index >= 15 is 0 Å². The van der Waals surface area contributed by atoms with Crippen molar-refractivity contribution < 1.29 is 4.79 Å². The summed E-state index contributed by atoms with van der Waals surface area (Å²) in [5, 5.41) is 8.10. The van der Waals surface area contributed by atoms with E-state index < -0.39 is 0 Å². The zero-order chi connectivity index (χ0) is 18.1. The molecular formula is C20H24ClN3O. The Hall–Kier alpha value is -2.33. The molecule has 2 rings (SSSR count). The van der Waals surface area contributed by atoms with E-state index in [1.165, 1.54) is 0 Å². The largest absolute Gasteiger partial charge is 0.376 e. The molecule has 132 valence electrons. The second-order valence-corrected chi connectivity index (χ2v) is 6.24. The third-order valence-electron chi connectivity index (χ3n) is 3.90. The van der Waals surface area contributed by atoms with E-state index in [4.69, 9.17) is 11.6 Å². The number of carbonyl (C=O) groups is 1. The normalized spacial score (nSPS) is 11.2. The Balaban J connectivity index is 1.97. The molecule has 0 aromatic heterocycles. The molecule has 4 nitrogen and oxygen atoms in total. The molecule has 0 atom stereocenters. The quantitative estimate of drug-likeness (QED) is 0.528. The van der Waals surface area contributed by atoms with Gasteiger partial charge < -0.3 is 5.32 Å². The van der Waals surface area contributed by atoms with Crippen molar-refractivity contribution >= 4 is 28.9 Å². The van der Waals surface area contributed by atoms with Gasteiger partial charge in [-0.05, 0) is 43.0 Å². The van der Waals surface area contributed by atoms with Gasteiger partial charge >= 0.3 is 0 Å². The van der Waals surface area contributed by atoms with Gasteiger partial charge in [0, 0.05) is 10.7 Å². The zero-order valence-corrected chi connectivity index (χ0v) is 15.4. The molecule has 25 heavy (non-hydrogen) atoms. The van der Waals surface area contributed by atoms with Gasteiger partial charge in [-0.2, -0.15) is 5.10 Å². The number of unbranched alkanes of at least 4 members (excludes halogenated alkanes) is 1. The van der Waals surface area contributed by atoms with E-state index in [0.29, 0.717) is 5.02 Å². The molecule has 0 heterocycles. The number of halogens is 1. The van der Waals surface area contributed by atoms with Gasteiger partial charge in [0.1, 0.15) is 0 Å². The van der Waals surface area contributed by atoms with Gasteiger partial charge in [-0.1, -0.05) is 61.3 Å². The van der Waals surface area contributed by atoms with Gasteiger partial charge in [0.2, 0.25) is 0 Å². The van der Waals surface area contributed by atoms with E-state index in [0.717, 1.165) is 41.8 Å². The van der Waals surface area contributed by atoms with Crippen molar-refractivity contribution in [2.24, 2.45) is 5.10 Å². The molecule has 0 aliphatic heterocycles. The predicted octanol–water partition coefficient (Wildman–Crippen LogP) is 4.77. The van der Waals surface area contributed by atoms with Crippen LogP contribution in [0.15, 0.2) is 53.6 Å². The van der Waals surface area contributed by atoms with Gasteiger partial charge in [-0.25, -0.2) is 5.43 Å². The van der Waals surface area contributed by atoms with E-state index in [1.807, 2.05) is 55.5 Å². The summed E-state index contributed by atoms with van der Waals surface area (Å²) in [6.07, 6.45) is 2.95. The van der Waals surface area contributed by atoms with Gasteiger partial charge in [-0.3, -0.25) is 4.79 Å². The van der Waals surface area contributed by atoms with Crippen LogP contribution in [-0.2, 0) is 4.79 Å². The number of amides is 1. The van der Waals surface area contributed by atoms with Crippen LogP contribution in [0.3, 0.4) is 0 Å². The summed E-state index contributed by atoms with van der Waals surface area (Å²) in [5.74, 6) is -0.190. The highest BCUT2D eigenvalue weighted by Gasteiger charge is 2.07. The maximum absolute atomic E-state index is 12.1. The third-order valence-corrected chi connectivity index (χ3v) is 4.31. The van der Waals surface area contributed by atoms with Crippen LogP contribution in [0.4, 0.5) is 5.69 Å². The Morgan fingerprint density at radius 2 is 1.88 bits per heavy atom. The fraction of sp³-hybridized carbons (Fsp3) is 0.300. The lowest BCUT2D eigenvalue weighted by Crippen LogP contribution is -2.27. The molecule has 2 aromatic rings. The summed E-state index contributed by atoms with van der Waals surface area (Å²) in [4.78, 5) is 12.1. The van der Waals surface area contributed by atoms with E-state index in [2.05, 4.69) is 22.8 Å². The van der Waals surface area contributed by atoms with Gasteiger partial charge in [-0.15, -0.1) is 0 Å². The molecule has 0 aliphatic rings. The molecule has 0 spiro atoms. The van der Waals surface area contributed by atoms with Crippen LogP contribution in [0, 0.1) is 6.92 Å². The number of nitrogens with one attached hydrogen (secondary N) is 2. The standard InChI is InChI=1S/C20H24ClN3O/c1-3-4-12-19(16-9-6-5-7-10-16)23-24-20(25)14-22-18-13-8-11-17(21)15(18)2/h5-11,13,22H,3-4,12,14H2,1-2H3,(H,24,25)/b23-19-. The third kappa shape index (κ3) is 5.91. The van der Waals surface area contributed by atoms with Crippen LogP contribution in [0.2, 0.25) is 5.02 Å². The zero-order valence-electron chi connectivity index (χ0n) is 14.7. The second-order valence-electron chi connectivity index (χ2n) is 5.83. The number of benzene rings is 2. The molecule has 0 unspecified atom stereocenters.